The summed E-state index contributed by atoms with van der Waals surface area (Å²) in [6.07, 6.45) is 4.46. The molecular weight excluding hydrogens is 214 g/mol. The maximum Gasteiger partial charge on any atom is 0.188 e. The first kappa shape index (κ1) is 10.5. The van der Waals surface area contributed by atoms with E-state index in [0.717, 1.165) is 12.1 Å². The van der Waals surface area contributed by atoms with Gasteiger partial charge in [0.05, 0.1) is 18.4 Å². The summed E-state index contributed by atoms with van der Waals surface area (Å²) in [6.45, 7) is -0.127. The Bertz CT molecular complexity index is 488. The second-order valence-corrected chi connectivity index (χ2v) is 3.25. The third kappa shape index (κ3) is 1.98. The van der Waals surface area contributed by atoms with Gasteiger partial charge in [-0.2, -0.15) is 0 Å². The van der Waals surface area contributed by atoms with Crippen LogP contribution >= 0.6 is 0 Å². The number of aromatic nitrogens is 2. The van der Waals surface area contributed by atoms with Gasteiger partial charge in [0.1, 0.15) is 11.6 Å². The van der Waals surface area contributed by atoms with Gasteiger partial charge in [-0.1, -0.05) is 6.07 Å². The van der Waals surface area contributed by atoms with E-state index in [1.165, 1.54) is 23.2 Å². The molecule has 0 amide bonds. The molecule has 82 valence electrons. The number of carbonyl (C=O) groups is 1. The molecule has 0 saturated carbocycles. The quantitative estimate of drug-likeness (QED) is 0.745. The normalized spacial score (nSPS) is 10.4. The summed E-state index contributed by atoms with van der Waals surface area (Å²) in [5.74, 6) is -2.30. The van der Waals surface area contributed by atoms with E-state index in [4.69, 9.17) is 0 Å². The number of Topliss-reactive ketones (excluding diaryl/α,β-unsaturated/α-hetero) is 1. The lowest BCUT2D eigenvalue weighted by Crippen LogP contribution is -2.12. The summed E-state index contributed by atoms with van der Waals surface area (Å²) in [7, 11) is 0. The van der Waals surface area contributed by atoms with Crippen LogP contribution in [0.15, 0.2) is 36.9 Å². The zero-order valence-electron chi connectivity index (χ0n) is 8.23. The van der Waals surface area contributed by atoms with Crippen LogP contribution in [0.5, 0.6) is 0 Å². The summed E-state index contributed by atoms with van der Waals surface area (Å²) in [4.78, 5) is 15.4. The lowest BCUT2D eigenvalue weighted by Gasteiger charge is -2.04. The molecule has 1 heterocycles. The molecular formula is C11H8F2N2O. The molecule has 0 N–H and O–H groups in total. The molecule has 0 radical (unpaired) electrons. The lowest BCUT2D eigenvalue weighted by molar-refractivity contribution is 0.0964. The molecule has 0 fully saturated rings. The Morgan fingerprint density at radius 2 is 2.00 bits per heavy atom. The SMILES string of the molecule is O=C(Cn1ccnc1)c1c(F)cccc1F. The summed E-state index contributed by atoms with van der Waals surface area (Å²) in [5, 5.41) is 0. The van der Waals surface area contributed by atoms with Gasteiger partial charge in [-0.05, 0) is 12.1 Å². The van der Waals surface area contributed by atoms with E-state index in [9.17, 15) is 13.6 Å². The predicted molar refractivity (Wildman–Crippen MR) is 52.9 cm³/mol. The first-order valence-electron chi connectivity index (χ1n) is 4.61. The minimum Gasteiger partial charge on any atom is -0.330 e. The topological polar surface area (TPSA) is 34.9 Å². The van der Waals surface area contributed by atoms with Crippen LogP contribution in [0.3, 0.4) is 0 Å². The van der Waals surface area contributed by atoms with Crippen LogP contribution in [0.2, 0.25) is 0 Å². The fourth-order valence-corrected chi connectivity index (χ4v) is 1.39. The summed E-state index contributed by atoms with van der Waals surface area (Å²) in [6, 6.07) is 3.34. The Kier molecular flexibility index (Phi) is 2.76. The average Bonchev–Trinajstić information content (AvgIpc) is 2.70. The van der Waals surface area contributed by atoms with Gasteiger partial charge in [-0.3, -0.25) is 4.79 Å². The Labute approximate surface area is 90.3 Å². The summed E-state index contributed by atoms with van der Waals surface area (Å²) >= 11 is 0. The van der Waals surface area contributed by atoms with Gasteiger partial charge in [0.15, 0.2) is 5.78 Å². The monoisotopic (exact) mass is 222 g/mol. The van der Waals surface area contributed by atoms with Crippen molar-refractivity contribution in [2.75, 3.05) is 0 Å². The van der Waals surface area contributed by atoms with Crippen molar-refractivity contribution in [3.63, 3.8) is 0 Å². The Morgan fingerprint density at radius 1 is 1.31 bits per heavy atom. The van der Waals surface area contributed by atoms with E-state index in [1.54, 1.807) is 6.20 Å². The van der Waals surface area contributed by atoms with Crippen molar-refractivity contribution in [3.8, 4) is 0 Å². The van der Waals surface area contributed by atoms with Gasteiger partial charge >= 0.3 is 0 Å². The maximum atomic E-state index is 13.2. The third-order valence-electron chi connectivity index (χ3n) is 2.13. The van der Waals surface area contributed by atoms with Crippen LogP contribution in [-0.2, 0) is 6.54 Å². The van der Waals surface area contributed by atoms with Gasteiger partial charge in [0.2, 0.25) is 0 Å². The molecule has 0 aliphatic carbocycles. The molecule has 5 heteroatoms. The van der Waals surface area contributed by atoms with Gasteiger partial charge in [0, 0.05) is 12.4 Å². The summed E-state index contributed by atoms with van der Waals surface area (Å²) in [5.41, 5.74) is -0.504. The Hall–Kier alpha value is -2.04. The number of ketones is 1. The van der Waals surface area contributed by atoms with E-state index in [-0.39, 0.29) is 6.54 Å². The van der Waals surface area contributed by atoms with Gasteiger partial charge in [-0.15, -0.1) is 0 Å². The van der Waals surface area contributed by atoms with Gasteiger partial charge < -0.3 is 4.57 Å². The van der Waals surface area contributed by atoms with E-state index in [2.05, 4.69) is 4.98 Å². The van der Waals surface area contributed by atoms with Crippen molar-refractivity contribution in [1.29, 1.82) is 0 Å². The molecule has 0 unspecified atom stereocenters. The third-order valence-corrected chi connectivity index (χ3v) is 2.13. The van der Waals surface area contributed by atoms with Crippen molar-refractivity contribution >= 4 is 5.78 Å². The van der Waals surface area contributed by atoms with Crippen LogP contribution in [-0.4, -0.2) is 15.3 Å². The molecule has 16 heavy (non-hydrogen) atoms. The minimum atomic E-state index is -0.842. The lowest BCUT2D eigenvalue weighted by atomic mass is 10.1. The number of nitrogens with zero attached hydrogens (tertiary/aromatic N) is 2. The highest BCUT2D eigenvalue weighted by molar-refractivity contribution is 5.96. The molecule has 0 spiro atoms. The van der Waals surface area contributed by atoms with Crippen molar-refractivity contribution in [2.24, 2.45) is 0 Å². The molecule has 0 bridgehead atoms. The number of halogens is 2. The number of benzene rings is 1. The molecule has 1 aromatic carbocycles. The highest BCUT2D eigenvalue weighted by Gasteiger charge is 2.16. The number of imidazole rings is 1. The molecule has 2 rings (SSSR count). The fraction of sp³-hybridized carbons (Fsp3) is 0.0909. The predicted octanol–water partition coefficient (Wildman–Crippen LogP) is 2.04. The highest BCUT2D eigenvalue weighted by Crippen LogP contribution is 2.13. The van der Waals surface area contributed by atoms with Crippen LogP contribution in [0, 0.1) is 11.6 Å². The van der Waals surface area contributed by atoms with E-state index < -0.39 is 23.0 Å². The Morgan fingerprint density at radius 3 is 2.56 bits per heavy atom. The number of hydrogen-bond acceptors (Lipinski definition) is 2. The molecule has 0 aliphatic heterocycles. The smallest absolute Gasteiger partial charge is 0.188 e. The second-order valence-electron chi connectivity index (χ2n) is 3.25. The van der Waals surface area contributed by atoms with Crippen molar-refractivity contribution in [3.05, 3.63) is 54.1 Å². The van der Waals surface area contributed by atoms with E-state index in [1.807, 2.05) is 0 Å². The minimum absolute atomic E-state index is 0.127. The zero-order chi connectivity index (χ0) is 11.5. The Balaban J connectivity index is 2.28. The fourth-order valence-electron chi connectivity index (χ4n) is 1.39. The maximum absolute atomic E-state index is 13.2. The first-order chi connectivity index (χ1) is 7.68. The van der Waals surface area contributed by atoms with E-state index >= 15 is 0 Å². The van der Waals surface area contributed by atoms with Crippen LogP contribution in [0.1, 0.15) is 10.4 Å². The van der Waals surface area contributed by atoms with E-state index in [0.29, 0.717) is 0 Å². The number of rotatable bonds is 3. The van der Waals surface area contributed by atoms with Crippen molar-refractivity contribution in [2.45, 2.75) is 6.54 Å². The number of hydrogen-bond donors (Lipinski definition) is 0. The highest BCUT2D eigenvalue weighted by atomic mass is 19.1. The molecule has 0 aliphatic rings. The molecule has 3 nitrogen and oxygen atoms in total. The van der Waals surface area contributed by atoms with Crippen molar-refractivity contribution < 1.29 is 13.6 Å². The van der Waals surface area contributed by atoms with Crippen molar-refractivity contribution in [1.82, 2.24) is 9.55 Å². The molecule has 2 aromatic rings. The summed E-state index contributed by atoms with van der Waals surface area (Å²) < 4.78 is 27.9. The average molecular weight is 222 g/mol. The van der Waals surface area contributed by atoms with Crippen LogP contribution in [0.25, 0.3) is 0 Å². The van der Waals surface area contributed by atoms with Gasteiger partial charge in [0.25, 0.3) is 0 Å². The zero-order valence-corrected chi connectivity index (χ0v) is 8.23. The van der Waals surface area contributed by atoms with Gasteiger partial charge in [-0.25, -0.2) is 13.8 Å². The standard InChI is InChI=1S/C11H8F2N2O/c12-8-2-1-3-9(13)11(8)10(16)6-15-5-4-14-7-15/h1-5,7H,6H2. The number of carbonyl (C=O) groups excluding carboxylic acids is 1. The first-order valence-corrected chi connectivity index (χ1v) is 4.61. The second kappa shape index (κ2) is 4.22. The van der Waals surface area contributed by atoms with Crippen LogP contribution in [0.4, 0.5) is 8.78 Å². The molecule has 0 saturated heterocycles. The largest absolute Gasteiger partial charge is 0.330 e. The van der Waals surface area contributed by atoms with Crippen LogP contribution < -0.4 is 0 Å². The molecule has 1 aromatic heterocycles. The molecule has 0 atom stereocenters.